The third-order valence-electron chi connectivity index (χ3n) is 4.39. The highest BCUT2D eigenvalue weighted by molar-refractivity contribution is 8.89. The van der Waals surface area contributed by atoms with E-state index in [4.69, 9.17) is 34.6 Å². The van der Waals surface area contributed by atoms with Gasteiger partial charge >= 0.3 is 11.9 Å². The summed E-state index contributed by atoms with van der Waals surface area (Å²) < 4.78 is 1.46. The first kappa shape index (κ1) is 19.7. The second kappa shape index (κ2) is 9.21. The fraction of sp³-hybridized carbons (Fsp3) is 0.714. The summed E-state index contributed by atoms with van der Waals surface area (Å²) in [6.45, 7) is 2.67. The van der Waals surface area contributed by atoms with Crippen LogP contribution in [0.4, 0.5) is 0 Å². The molecule has 2 rings (SSSR count). The lowest BCUT2D eigenvalue weighted by atomic mass is 9.98. The van der Waals surface area contributed by atoms with Gasteiger partial charge in [0.25, 0.3) is 0 Å². The highest BCUT2D eigenvalue weighted by Crippen LogP contribution is 2.32. The number of nitrogens with zero attached hydrogens (tertiary/aromatic N) is 2. The molecule has 2 fully saturated rings. The maximum Gasteiger partial charge on any atom is 0.306 e. The van der Waals surface area contributed by atoms with Gasteiger partial charge in [0.2, 0.25) is 0 Å². The number of carboxylic acids is 2. The SMILES string of the molecule is O=C(O)C1CCN(C(=S)SSC(=S)N2CCC(C(=O)O)CC2)CC1. The van der Waals surface area contributed by atoms with E-state index in [0.29, 0.717) is 51.9 Å². The number of carboxylic acid groups (broad SMARTS) is 2. The zero-order chi connectivity index (χ0) is 17.7. The Labute approximate surface area is 159 Å². The lowest BCUT2D eigenvalue weighted by Gasteiger charge is -2.33. The molecule has 0 aromatic heterocycles. The quantitative estimate of drug-likeness (QED) is 0.525. The Morgan fingerprint density at radius 2 is 1.04 bits per heavy atom. The predicted octanol–water partition coefficient (Wildman–Crippen LogP) is 2.53. The van der Waals surface area contributed by atoms with Crippen molar-refractivity contribution in [1.82, 2.24) is 9.80 Å². The van der Waals surface area contributed by atoms with E-state index < -0.39 is 11.9 Å². The van der Waals surface area contributed by atoms with E-state index in [0.717, 1.165) is 8.64 Å². The van der Waals surface area contributed by atoms with Crippen LogP contribution in [0.1, 0.15) is 25.7 Å². The Kier molecular flexibility index (Phi) is 7.58. The van der Waals surface area contributed by atoms with Gasteiger partial charge in [-0.05, 0) is 47.3 Å². The van der Waals surface area contributed by atoms with Crippen molar-refractivity contribution in [3.63, 3.8) is 0 Å². The molecule has 0 amide bonds. The molecule has 0 spiro atoms. The van der Waals surface area contributed by atoms with Gasteiger partial charge in [0, 0.05) is 26.2 Å². The average molecular weight is 409 g/mol. The van der Waals surface area contributed by atoms with Crippen molar-refractivity contribution in [2.75, 3.05) is 26.2 Å². The van der Waals surface area contributed by atoms with Crippen molar-refractivity contribution >= 4 is 66.6 Å². The largest absolute Gasteiger partial charge is 0.481 e. The Morgan fingerprint density at radius 1 is 0.750 bits per heavy atom. The molecule has 134 valence electrons. The van der Waals surface area contributed by atoms with Crippen LogP contribution >= 0.6 is 46.0 Å². The van der Waals surface area contributed by atoms with Gasteiger partial charge in [0.15, 0.2) is 0 Å². The minimum absolute atomic E-state index is 0.265. The molecule has 0 aromatic carbocycles. The molecule has 0 saturated carbocycles. The monoisotopic (exact) mass is 408 g/mol. The molecule has 2 aliphatic rings. The molecule has 6 nitrogen and oxygen atoms in total. The summed E-state index contributed by atoms with van der Waals surface area (Å²) in [5, 5.41) is 18.0. The van der Waals surface area contributed by atoms with Crippen LogP contribution < -0.4 is 0 Å². The van der Waals surface area contributed by atoms with Crippen LogP contribution in [-0.2, 0) is 9.59 Å². The zero-order valence-corrected chi connectivity index (χ0v) is 16.3. The first-order valence-corrected chi connectivity index (χ1v) is 10.7. The highest BCUT2D eigenvalue weighted by atomic mass is 33.1. The normalized spacial score (nSPS) is 20.0. The third kappa shape index (κ3) is 5.47. The van der Waals surface area contributed by atoms with Gasteiger partial charge in [0.05, 0.1) is 11.8 Å². The molecule has 2 aliphatic heterocycles. The number of rotatable bonds is 2. The molecule has 0 radical (unpaired) electrons. The van der Waals surface area contributed by atoms with Crippen LogP contribution in [0.5, 0.6) is 0 Å². The molecule has 0 bridgehead atoms. The van der Waals surface area contributed by atoms with Gasteiger partial charge in [0.1, 0.15) is 8.64 Å². The summed E-state index contributed by atoms with van der Waals surface area (Å²) >= 11 is 10.8. The molecule has 2 N–H and O–H groups in total. The number of hydrogen-bond acceptors (Lipinski definition) is 6. The van der Waals surface area contributed by atoms with Gasteiger partial charge in [-0.25, -0.2) is 0 Å². The van der Waals surface area contributed by atoms with Crippen LogP contribution in [-0.4, -0.2) is 66.8 Å². The maximum absolute atomic E-state index is 11.0. The summed E-state index contributed by atoms with van der Waals surface area (Å²) in [6, 6.07) is 0. The summed E-state index contributed by atoms with van der Waals surface area (Å²) in [6.07, 6.45) is 2.48. The third-order valence-corrected chi connectivity index (χ3v) is 8.12. The smallest absolute Gasteiger partial charge is 0.306 e. The second-order valence-corrected chi connectivity index (χ2v) is 9.29. The van der Waals surface area contributed by atoms with E-state index in [9.17, 15) is 9.59 Å². The second-order valence-electron chi connectivity index (χ2n) is 5.90. The molecule has 10 heteroatoms. The number of hydrogen-bond donors (Lipinski definition) is 2. The fourth-order valence-electron chi connectivity index (χ4n) is 2.79. The molecular weight excluding hydrogens is 388 g/mol. The average Bonchev–Trinajstić information content (AvgIpc) is 2.59. The minimum Gasteiger partial charge on any atom is -0.481 e. The number of piperidine rings is 2. The molecule has 24 heavy (non-hydrogen) atoms. The van der Waals surface area contributed by atoms with E-state index in [1.54, 1.807) is 0 Å². The van der Waals surface area contributed by atoms with Crippen molar-refractivity contribution in [2.45, 2.75) is 25.7 Å². The first-order chi connectivity index (χ1) is 11.4. The lowest BCUT2D eigenvalue weighted by Crippen LogP contribution is -2.39. The van der Waals surface area contributed by atoms with Crippen molar-refractivity contribution in [1.29, 1.82) is 0 Å². The molecule has 2 heterocycles. The molecule has 0 atom stereocenters. The molecule has 2 saturated heterocycles. The number of carbonyl (C=O) groups is 2. The number of thiocarbonyl (C=S) groups is 2. The van der Waals surface area contributed by atoms with Gasteiger partial charge in [-0.3, -0.25) is 9.59 Å². The topological polar surface area (TPSA) is 81.1 Å². The first-order valence-electron chi connectivity index (χ1n) is 7.76. The number of aliphatic carboxylic acids is 2. The van der Waals surface area contributed by atoms with E-state index in [1.165, 1.54) is 21.6 Å². The summed E-state index contributed by atoms with van der Waals surface area (Å²) in [5.74, 6) is -1.99. The summed E-state index contributed by atoms with van der Waals surface area (Å²) in [5.41, 5.74) is 0. The molecule has 0 aromatic rings. The highest BCUT2D eigenvalue weighted by Gasteiger charge is 2.28. The maximum atomic E-state index is 11.0. The van der Waals surface area contributed by atoms with Crippen LogP contribution in [0, 0.1) is 11.8 Å². The van der Waals surface area contributed by atoms with Crippen LogP contribution in [0.15, 0.2) is 0 Å². The Balaban J connectivity index is 1.69. The zero-order valence-electron chi connectivity index (χ0n) is 13.0. The molecule has 0 aliphatic carbocycles. The Hall–Kier alpha value is -0.580. The van der Waals surface area contributed by atoms with E-state index in [1.807, 2.05) is 9.80 Å². The summed E-state index contributed by atoms with van der Waals surface area (Å²) in [4.78, 5) is 26.0. The fourth-order valence-corrected chi connectivity index (χ4v) is 5.55. The number of likely N-dealkylation sites (tertiary alicyclic amines) is 2. The van der Waals surface area contributed by atoms with Gasteiger partial charge in [-0.1, -0.05) is 24.4 Å². The minimum atomic E-state index is -0.728. The van der Waals surface area contributed by atoms with Gasteiger partial charge in [-0.15, -0.1) is 0 Å². The molecular formula is C14H20N2O4S4. The van der Waals surface area contributed by atoms with E-state index in [-0.39, 0.29) is 11.8 Å². The predicted molar refractivity (Wildman–Crippen MR) is 104 cm³/mol. The van der Waals surface area contributed by atoms with Crippen molar-refractivity contribution in [2.24, 2.45) is 11.8 Å². The standard InChI is InChI=1S/C14H20N2O4S4/c17-11(18)9-1-5-15(6-2-9)13(21)23-24-14(22)16-7-3-10(4-8-16)12(19)20/h9-10H,1-8H2,(H,17,18)(H,19,20). The van der Waals surface area contributed by atoms with Crippen LogP contribution in [0.3, 0.4) is 0 Å². The summed E-state index contributed by atoms with van der Waals surface area (Å²) in [7, 11) is 2.86. The Morgan fingerprint density at radius 3 is 1.29 bits per heavy atom. The van der Waals surface area contributed by atoms with Gasteiger partial charge in [-0.2, -0.15) is 0 Å². The van der Waals surface area contributed by atoms with Crippen molar-refractivity contribution in [3.05, 3.63) is 0 Å². The van der Waals surface area contributed by atoms with E-state index >= 15 is 0 Å². The van der Waals surface area contributed by atoms with Crippen LogP contribution in [0.2, 0.25) is 0 Å². The lowest BCUT2D eigenvalue weighted by molar-refractivity contribution is -0.143. The molecule has 0 unspecified atom stereocenters. The van der Waals surface area contributed by atoms with Crippen molar-refractivity contribution < 1.29 is 19.8 Å². The van der Waals surface area contributed by atoms with Gasteiger partial charge < -0.3 is 20.0 Å². The van der Waals surface area contributed by atoms with Crippen molar-refractivity contribution in [3.8, 4) is 0 Å². The van der Waals surface area contributed by atoms with E-state index in [2.05, 4.69) is 0 Å². The Bertz CT molecular complexity index is 469. The van der Waals surface area contributed by atoms with Crippen LogP contribution in [0.25, 0.3) is 0 Å².